The molecule has 218 valence electrons. The van der Waals surface area contributed by atoms with Gasteiger partial charge in [0.05, 0.1) is 29.1 Å². The van der Waals surface area contributed by atoms with Gasteiger partial charge in [0.1, 0.15) is 11.6 Å². The number of fused-ring (bicyclic) bond motifs is 1. The lowest BCUT2D eigenvalue weighted by atomic mass is 9.98. The lowest BCUT2D eigenvalue weighted by Crippen LogP contribution is -2.39. The third kappa shape index (κ3) is 5.80. The van der Waals surface area contributed by atoms with E-state index in [1.165, 1.54) is 25.7 Å². The van der Waals surface area contributed by atoms with Gasteiger partial charge in [0, 0.05) is 49.9 Å². The topological polar surface area (TPSA) is 95.3 Å². The van der Waals surface area contributed by atoms with Crippen LogP contribution in [-0.2, 0) is 4.74 Å². The number of nitrogens with one attached hydrogen (secondary N) is 1. The van der Waals surface area contributed by atoms with E-state index in [-0.39, 0.29) is 18.1 Å². The van der Waals surface area contributed by atoms with Crippen molar-refractivity contribution >= 4 is 46.6 Å². The molecule has 2 amide bonds. The van der Waals surface area contributed by atoms with E-state index in [1.54, 1.807) is 32.0 Å². The minimum atomic E-state index is -0.610. The molecular weight excluding hydrogens is 542 g/mol. The fourth-order valence-electron chi connectivity index (χ4n) is 5.97. The molecular formula is C30H38ClN7O3. The number of carbonyl (C=O) groups is 2. The first-order valence-corrected chi connectivity index (χ1v) is 15.2. The quantitative estimate of drug-likeness (QED) is 0.388. The Morgan fingerprint density at radius 1 is 0.951 bits per heavy atom. The number of likely N-dealkylation sites (tertiary alicyclic amines) is 1. The van der Waals surface area contributed by atoms with Crippen LogP contribution in [0.3, 0.4) is 0 Å². The Morgan fingerprint density at radius 3 is 2.44 bits per heavy atom. The molecule has 1 aromatic carbocycles. The van der Waals surface area contributed by atoms with Crippen LogP contribution in [0.2, 0.25) is 5.02 Å². The van der Waals surface area contributed by atoms with Crippen molar-refractivity contribution in [3.8, 4) is 0 Å². The first-order chi connectivity index (χ1) is 19.9. The number of ether oxygens (including phenoxy) is 1. The Morgan fingerprint density at radius 2 is 1.71 bits per heavy atom. The van der Waals surface area contributed by atoms with Gasteiger partial charge in [0.25, 0.3) is 5.91 Å². The summed E-state index contributed by atoms with van der Waals surface area (Å²) in [5, 5.41) is 8.24. The molecule has 41 heavy (non-hydrogen) atoms. The van der Waals surface area contributed by atoms with Crippen molar-refractivity contribution in [1.82, 2.24) is 19.5 Å². The van der Waals surface area contributed by atoms with Crippen LogP contribution in [0, 0.1) is 0 Å². The minimum absolute atomic E-state index is 0.195. The second-order valence-corrected chi connectivity index (χ2v) is 11.9. The molecule has 0 unspecified atom stereocenters. The largest absolute Gasteiger partial charge is 0.447 e. The van der Waals surface area contributed by atoms with Gasteiger partial charge in [-0.15, -0.1) is 0 Å². The number of carbonyl (C=O) groups excluding carboxylic acids is 2. The fourth-order valence-corrected chi connectivity index (χ4v) is 6.15. The molecule has 3 saturated heterocycles. The second kappa shape index (κ2) is 11.8. The molecule has 0 saturated carbocycles. The summed E-state index contributed by atoms with van der Waals surface area (Å²) in [5.74, 6) is 1.87. The smallest absolute Gasteiger partial charge is 0.411 e. The fraction of sp³-hybridized carbons (Fsp3) is 0.533. The average Bonchev–Trinajstić information content (AvgIpc) is 3.36. The highest BCUT2D eigenvalue weighted by atomic mass is 35.5. The number of benzene rings is 1. The summed E-state index contributed by atoms with van der Waals surface area (Å²) in [4.78, 5) is 38.1. The predicted molar refractivity (Wildman–Crippen MR) is 160 cm³/mol. The lowest BCUT2D eigenvalue weighted by Gasteiger charge is -2.35. The van der Waals surface area contributed by atoms with Gasteiger partial charge in [0.15, 0.2) is 5.65 Å². The summed E-state index contributed by atoms with van der Waals surface area (Å²) in [5.41, 5.74) is 2.35. The highest BCUT2D eigenvalue weighted by Crippen LogP contribution is 2.35. The summed E-state index contributed by atoms with van der Waals surface area (Å²) in [6.07, 6.45) is 6.57. The van der Waals surface area contributed by atoms with Crippen molar-refractivity contribution in [2.75, 3.05) is 47.8 Å². The standard InChI is InChI=1S/C30H38ClN7O3/c1-20(2)41-30(40)32-23-11-10-21(31)17-22(23)29(39)37-16-7-4-9-25(37)24-18-27-33-26(35-14-8-15-35)19-28(38(27)34-24)36-12-5-3-6-13-36/h10-11,17-20,25H,3-9,12-16H2,1-2H3,(H,32,40)/t25-/m0/s1. The molecule has 3 aromatic rings. The molecule has 1 N–H and O–H groups in total. The van der Waals surface area contributed by atoms with E-state index in [0.717, 1.165) is 68.4 Å². The van der Waals surface area contributed by atoms with Crippen LogP contribution in [0.15, 0.2) is 30.3 Å². The van der Waals surface area contributed by atoms with E-state index in [0.29, 0.717) is 22.8 Å². The van der Waals surface area contributed by atoms with Crippen molar-refractivity contribution in [1.29, 1.82) is 0 Å². The molecule has 5 heterocycles. The van der Waals surface area contributed by atoms with E-state index >= 15 is 0 Å². The van der Waals surface area contributed by atoms with E-state index in [2.05, 4.69) is 21.2 Å². The van der Waals surface area contributed by atoms with Crippen LogP contribution >= 0.6 is 11.6 Å². The zero-order valence-electron chi connectivity index (χ0n) is 23.8. The van der Waals surface area contributed by atoms with Crippen LogP contribution in [-0.4, -0.2) is 70.3 Å². The number of nitrogens with zero attached hydrogens (tertiary/aromatic N) is 6. The Bertz CT molecular complexity index is 1430. The Labute approximate surface area is 245 Å². The maximum Gasteiger partial charge on any atom is 0.411 e. The molecule has 0 spiro atoms. The van der Waals surface area contributed by atoms with Crippen molar-refractivity contribution in [2.24, 2.45) is 0 Å². The molecule has 6 rings (SSSR count). The van der Waals surface area contributed by atoms with E-state index in [1.807, 2.05) is 15.5 Å². The lowest BCUT2D eigenvalue weighted by molar-refractivity contribution is 0.0607. The second-order valence-electron chi connectivity index (χ2n) is 11.5. The molecule has 0 aliphatic carbocycles. The molecule has 0 radical (unpaired) electrons. The molecule has 1 atom stereocenters. The number of halogens is 1. The highest BCUT2D eigenvalue weighted by molar-refractivity contribution is 6.31. The number of rotatable bonds is 6. The summed E-state index contributed by atoms with van der Waals surface area (Å²) in [6, 6.07) is 8.92. The summed E-state index contributed by atoms with van der Waals surface area (Å²) in [7, 11) is 0. The molecule has 2 aromatic heterocycles. The van der Waals surface area contributed by atoms with Crippen molar-refractivity contribution in [3.05, 3.63) is 46.6 Å². The maximum atomic E-state index is 14.1. The monoisotopic (exact) mass is 579 g/mol. The van der Waals surface area contributed by atoms with Gasteiger partial charge in [0.2, 0.25) is 0 Å². The molecule has 3 fully saturated rings. The van der Waals surface area contributed by atoms with Crippen LogP contribution in [0.25, 0.3) is 5.65 Å². The van der Waals surface area contributed by atoms with Crippen LogP contribution < -0.4 is 15.1 Å². The molecule has 10 nitrogen and oxygen atoms in total. The molecule has 11 heteroatoms. The molecule has 3 aliphatic rings. The third-order valence-corrected chi connectivity index (χ3v) is 8.41. The number of aromatic nitrogens is 3. The third-order valence-electron chi connectivity index (χ3n) is 8.17. The molecule has 0 bridgehead atoms. The number of amides is 2. The maximum absolute atomic E-state index is 14.1. The Balaban J connectivity index is 1.34. The number of hydrogen-bond acceptors (Lipinski definition) is 7. The van der Waals surface area contributed by atoms with Crippen LogP contribution in [0.1, 0.15) is 80.9 Å². The minimum Gasteiger partial charge on any atom is -0.447 e. The van der Waals surface area contributed by atoms with E-state index in [4.69, 9.17) is 26.4 Å². The summed E-state index contributed by atoms with van der Waals surface area (Å²) in [6.45, 7) is 8.20. The number of hydrogen-bond donors (Lipinski definition) is 1. The first kappa shape index (κ1) is 27.6. The number of piperidine rings is 2. The van der Waals surface area contributed by atoms with E-state index < -0.39 is 6.09 Å². The van der Waals surface area contributed by atoms with Gasteiger partial charge in [-0.05, 0) is 77.0 Å². The van der Waals surface area contributed by atoms with Crippen molar-refractivity contribution in [3.63, 3.8) is 0 Å². The SMILES string of the molecule is CC(C)OC(=O)Nc1ccc(Cl)cc1C(=O)N1CCCC[C@H]1c1cc2nc(N3CCC3)cc(N3CCCCC3)n2n1. The Kier molecular flexibility index (Phi) is 7.92. The molecule has 3 aliphatic heterocycles. The van der Waals surface area contributed by atoms with Gasteiger partial charge in [-0.3, -0.25) is 10.1 Å². The zero-order valence-corrected chi connectivity index (χ0v) is 24.6. The van der Waals surface area contributed by atoms with Crippen molar-refractivity contribution in [2.45, 2.75) is 70.9 Å². The van der Waals surface area contributed by atoms with Crippen molar-refractivity contribution < 1.29 is 14.3 Å². The summed E-state index contributed by atoms with van der Waals surface area (Å²) < 4.78 is 7.22. The Hall–Kier alpha value is -3.53. The normalized spacial score (nSPS) is 19.4. The zero-order chi connectivity index (χ0) is 28.5. The van der Waals surface area contributed by atoms with Gasteiger partial charge in [-0.2, -0.15) is 9.61 Å². The van der Waals surface area contributed by atoms with Gasteiger partial charge < -0.3 is 19.4 Å². The van der Waals surface area contributed by atoms with Gasteiger partial charge in [-0.1, -0.05) is 11.6 Å². The average molecular weight is 580 g/mol. The van der Waals surface area contributed by atoms with Crippen LogP contribution in [0.5, 0.6) is 0 Å². The summed E-state index contributed by atoms with van der Waals surface area (Å²) >= 11 is 6.33. The highest BCUT2D eigenvalue weighted by Gasteiger charge is 2.33. The van der Waals surface area contributed by atoms with Crippen LogP contribution in [0.4, 0.5) is 22.1 Å². The van der Waals surface area contributed by atoms with Gasteiger partial charge in [-0.25, -0.2) is 9.78 Å². The van der Waals surface area contributed by atoms with Gasteiger partial charge >= 0.3 is 6.09 Å². The van der Waals surface area contributed by atoms with E-state index in [9.17, 15) is 9.59 Å². The predicted octanol–water partition coefficient (Wildman–Crippen LogP) is 5.91. The first-order valence-electron chi connectivity index (χ1n) is 14.9. The number of anilines is 3.